The minimum atomic E-state index is -0.309. The van der Waals surface area contributed by atoms with Gasteiger partial charge in [0.05, 0.1) is 11.6 Å². The van der Waals surface area contributed by atoms with Gasteiger partial charge in [-0.15, -0.1) is 0 Å². The third-order valence-corrected chi connectivity index (χ3v) is 2.85. The van der Waals surface area contributed by atoms with E-state index in [1.54, 1.807) is 24.7 Å². The van der Waals surface area contributed by atoms with Crippen LogP contribution in [0.25, 0.3) is 10.9 Å². The summed E-state index contributed by atoms with van der Waals surface area (Å²) < 4.78 is 0. The molecule has 0 bridgehead atoms. The van der Waals surface area contributed by atoms with Gasteiger partial charge in [0.15, 0.2) is 0 Å². The maximum absolute atomic E-state index is 6.16. The minimum absolute atomic E-state index is 0.309. The fourth-order valence-electron chi connectivity index (χ4n) is 1.91. The number of nitrogens with two attached hydrogens (primary N) is 1. The normalized spacial score (nSPS) is 12.5. The Kier molecular flexibility index (Phi) is 2.70. The molecule has 0 aliphatic rings. The van der Waals surface area contributed by atoms with Crippen molar-refractivity contribution in [1.29, 1.82) is 0 Å². The van der Waals surface area contributed by atoms with Crippen LogP contribution in [0.3, 0.4) is 0 Å². The van der Waals surface area contributed by atoms with Crippen LogP contribution in [0.1, 0.15) is 17.4 Å². The lowest BCUT2D eigenvalue weighted by molar-refractivity contribution is 0.781. The number of rotatable bonds is 2. The molecule has 18 heavy (non-hydrogen) atoms. The molecule has 88 valence electrons. The van der Waals surface area contributed by atoms with Crippen molar-refractivity contribution in [2.24, 2.45) is 5.73 Å². The van der Waals surface area contributed by atoms with E-state index in [1.165, 1.54) is 0 Å². The van der Waals surface area contributed by atoms with Crippen LogP contribution in [-0.2, 0) is 0 Å². The SMILES string of the molecule is NC(c1ccc2ncccc2c1)c1ncccn1. The lowest BCUT2D eigenvalue weighted by Crippen LogP contribution is -2.14. The second-order valence-corrected chi connectivity index (χ2v) is 4.04. The fourth-order valence-corrected chi connectivity index (χ4v) is 1.91. The molecule has 0 saturated carbocycles. The third kappa shape index (κ3) is 1.94. The predicted octanol–water partition coefficient (Wildman–Crippen LogP) is 2.07. The molecule has 0 amide bonds. The van der Waals surface area contributed by atoms with Crippen molar-refractivity contribution in [3.63, 3.8) is 0 Å². The standard InChI is InChI=1S/C14H12N4/c15-13(14-17-7-2-8-18-14)11-4-5-12-10(9-11)3-1-6-16-12/h1-9,13H,15H2. The average Bonchev–Trinajstić information content (AvgIpc) is 2.47. The number of pyridine rings is 1. The molecule has 2 aromatic heterocycles. The van der Waals surface area contributed by atoms with Crippen LogP contribution in [0.2, 0.25) is 0 Å². The Morgan fingerprint density at radius 3 is 2.50 bits per heavy atom. The van der Waals surface area contributed by atoms with Crippen molar-refractivity contribution in [3.8, 4) is 0 Å². The summed E-state index contributed by atoms with van der Waals surface area (Å²) in [4.78, 5) is 12.6. The van der Waals surface area contributed by atoms with Crippen LogP contribution in [0, 0.1) is 0 Å². The Hall–Kier alpha value is -2.33. The van der Waals surface area contributed by atoms with Gasteiger partial charge in [-0.2, -0.15) is 0 Å². The van der Waals surface area contributed by atoms with E-state index in [0.29, 0.717) is 5.82 Å². The van der Waals surface area contributed by atoms with Gasteiger partial charge in [-0.25, -0.2) is 9.97 Å². The summed E-state index contributed by atoms with van der Waals surface area (Å²) >= 11 is 0. The first-order valence-electron chi connectivity index (χ1n) is 5.72. The van der Waals surface area contributed by atoms with E-state index < -0.39 is 0 Å². The van der Waals surface area contributed by atoms with E-state index in [1.807, 2.05) is 30.3 Å². The molecule has 0 aliphatic carbocycles. The Morgan fingerprint density at radius 2 is 1.67 bits per heavy atom. The summed E-state index contributed by atoms with van der Waals surface area (Å²) in [5.74, 6) is 0.626. The summed E-state index contributed by atoms with van der Waals surface area (Å²) in [6.07, 6.45) is 5.18. The monoisotopic (exact) mass is 236 g/mol. The van der Waals surface area contributed by atoms with Crippen molar-refractivity contribution in [1.82, 2.24) is 15.0 Å². The molecule has 3 aromatic rings. The molecule has 0 radical (unpaired) electrons. The van der Waals surface area contributed by atoms with Crippen LogP contribution in [0.5, 0.6) is 0 Å². The number of aromatic nitrogens is 3. The summed E-state index contributed by atoms with van der Waals surface area (Å²) in [6.45, 7) is 0. The molecule has 1 aromatic carbocycles. The number of hydrogen-bond acceptors (Lipinski definition) is 4. The van der Waals surface area contributed by atoms with Crippen LogP contribution < -0.4 is 5.73 Å². The maximum atomic E-state index is 6.16. The second-order valence-electron chi connectivity index (χ2n) is 4.04. The zero-order chi connectivity index (χ0) is 12.4. The molecular formula is C14H12N4. The van der Waals surface area contributed by atoms with Gasteiger partial charge < -0.3 is 5.73 Å². The molecule has 3 rings (SSSR count). The molecule has 4 nitrogen and oxygen atoms in total. The van der Waals surface area contributed by atoms with Gasteiger partial charge >= 0.3 is 0 Å². The Morgan fingerprint density at radius 1 is 0.889 bits per heavy atom. The van der Waals surface area contributed by atoms with Crippen molar-refractivity contribution >= 4 is 10.9 Å². The zero-order valence-electron chi connectivity index (χ0n) is 9.69. The second kappa shape index (κ2) is 4.50. The van der Waals surface area contributed by atoms with Gasteiger partial charge in [0.25, 0.3) is 0 Å². The topological polar surface area (TPSA) is 64.7 Å². The van der Waals surface area contributed by atoms with Crippen LogP contribution >= 0.6 is 0 Å². The van der Waals surface area contributed by atoms with Gasteiger partial charge in [-0.05, 0) is 29.8 Å². The van der Waals surface area contributed by atoms with Gasteiger partial charge in [-0.1, -0.05) is 12.1 Å². The highest BCUT2D eigenvalue weighted by Gasteiger charge is 2.11. The van der Waals surface area contributed by atoms with E-state index in [2.05, 4.69) is 15.0 Å². The van der Waals surface area contributed by atoms with E-state index in [4.69, 9.17) is 5.73 Å². The first-order valence-corrected chi connectivity index (χ1v) is 5.72. The highest BCUT2D eigenvalue weighted by molar-refractivity contribution is 5.79. The van der Waals surface area contributed by atoms with Crippen LogP contribution in [-0.4, -0.2) is 15.0 Å². The molecule has 1 unspecified atom stereocenters. The van der Waals surface area contributed by atoms with Gasteiger partial charge in [-0.3, -0.25) is 4.98 Å². The molecule has 2 N–H and O–H groups in total. The summed E-state index contributed by atoms with van der Waals surface area (Å²) in [6, 6.07) is 11.4. The van der Waals surface area contributed by atoms with E-state index in [0.717, 1.165) is 16.5 Å². The van der Waals surface area contributed by atoms with Gasteiger partial charge in [0, 0.05) is 24.0 Å². The van der Waals surface area contributed by atoms with Gasteiger partial charge in [0.1, 0.15) is 5.82 Å². The molecule has 0 fully saturated rings. The highest BCUT2D eigenvalue weighted by atomic mass is 14.9. The molecule has 4 heteroatoms. The fraction of sp³-hybridized carbons (Fsp3) is 0.0714. The van der Waals surface area contributed by atoms with E-state index in [-0.39, 0.29) is 6.04 Å². The summed E-state index contributed by atoms with van der Waals surface area (Å²) in [7, 11) is 0. The summed E-state index contributed by atoms with van der Waals surface area (Å²) in [5.41, 5.74) is 8.11. The minimum Gasteiger partial charge on any atom is -0.318 e. The Balaban J connectivity index is 2.04. The summed E-state index contributed by atoms with van der Waals surface area (Å²) in [5, 5.41) is 1.07. The lowest BCUT2D eigenvalue weighted by Gasteiger charge is -2.10. The van der Waals surface area contributed by atoms with Crippen molar-refractivity contribution in [3.05, 3.63) is 66.4 Å². The first kappa shape index (κ1) is 10.8. The van der Waals surface area contributed by atoms with Crippen LogP contribution in [0.15, 0.2) is 55.0 Å². The number of hydrogen-bond donors (Lipinski definition) is 1. The van der Waals surface area contributed by atoms with Crippen LogP contribution in [0.4, 0.5) is 0 Å². The first-order chi connectivity index (χ1) is 8.84. The molecule has 1 atom stereocenters. The van der Waals surface area contributed by atoms with Crippen molar-refractivity contribution in [2.75, 3.05) is 0 Å². The lowest BCUT2D eigenvalue weighted by atomic mass is 10.0. The zero-order valence-corrected chi connectivity index (χ0v) is 9.69. The largest absolute Gasteiger partial charge is 0.318 e. The predicted molar refractivity (Wildman–Crippen MR) is 69.8 cm³/mol. The Bertz CT molecular complexity index is 667. The van der Waals surface area contributed by atoms with Crippen molar-refractivity contribution in [2.45, 2.75) is 6.04 Å². The number of nitrogens with zero attached hydrogens (tertiary/aromatic N) is 3. The highest BCUT2D eigenvalue weighted by Crippen LogP contribution is 2.20. The number of fused-ring (bicyclic) bond motifs is 1. The van der Waals surface area contributed by atoms with Gasteiger partial charge in [0.2, 0.25) is 0 Å². The quantitative estimate of drug-likeness (QED) is 0.739. The molecule has 2 heterocycles. The molecule has 0 spiro atoms. The molecule has 0 saturated heterocycles. The van der Waals surface area contributed by atoms with E-state index in [9.17, 15) is 0 Å². The Labute approximate surface area is 105 Å². The molecule has 0 aliphatic heterocycles. The average molecular weight is 236 g/mol. The number of benzene rings is 1. The third-order valence-electron chi connectivity index (χ3n) is 2.85. The molecular weight excluding hydrogens is 224 g/mol. The van der Waals surface area contributed by atoms with E-state index >= 15 is 0 Å². The van der Waals surface area contributed by atoms with Crippen molar-refractivity contribution < 1.29 is 0 Å². The smallest absolute Gasteiger partial charge is 0.149 e. The maximum Gasteiger partial charge on any atom is 0.149 e.